The molecule has 2 aromatic rings. The Hall–Kier alpha value is -2.33. The van der Waals surface area contributed by atoms with Crippen LogP contribution in [0.2, 0.25) is 0 Å². The smallest absolute Gasteiger partial charge is 0.204 e. The highest BCUT2D eigenvalue weighted by Gasteiger charge is 2.27. The summed E-state index contributed by atoms with van der Waals surface area (Å²) >= 11 is 0. The molecule has 0 bridgehead atoms. The van der Waals surface area contributed by atoms with Gasteiger partial charge in [-0.15, -0.1) is 0 Å². The molecule has 4 heteroatoms. The zero-order valence-corrected chi connectivity index (χ0v) is 9.80. The van der Waals surface area contributed by atoms with Crippen molar-refractivity contribution in [1.82, 2.24) is 5.43 Å². The molecular weight excluding hydrogens is 224 g/mol. The Bertz CT molecular complexity index is 573. The lowest BCUT2D eigenvalue weighted by molar-refractivity contribution is 0.868. The van der Waals surface area contributed by atoms with Crippen molar-refractivity contribution in [3.05, 3.63) is 59.7 Å². The molecule has 0 fully saturated rings. The van der Waals surface area contributed by atoms with E-state index >= 15 is 0 Å². The molecule has 5 N–H and O–H groups in total. The molecule has 18 heavy (non-hydrogen) atoms. The maximum absolute atomic E-state index is 5.68. The van der Waals surface area contributed by atoms with Gasteiger partial charge in [0.05, 0.1) is 0 Å². The minimum Gasteiger partial charge on any atom is -0.369 e. The van der Waals surface area contributed by atoms with Gasteiger partial charge < -0.3 is 5.73 Å². The average molecular weight is 238 g/mol. The van der Waals surface area contributed by atoms with Crippen LogP contribution in [0.5, 0.6) is 0 Å². The number of nitrogens with one attached hydrogen (secondary N) is 1. The molecule has 0 saturated heterocycles. The lowest BCUT2D eigenvalue weighted by atomic mass is 10.1. The summed E-state index contributed by atoms with van der Waals surface area (Å²) in [6.07, 6.45) is 0. The van der Waals surface area contributed by atoms with Crippen LogP contribution in [-0.4, -0.2) is 5.96 Å². The summed E-state index contributed by atoms with van der Waals surface area (Å²) in [6, 6.07) is 16.4. The number of fused-ring (bicyclic) bond motifs is 3. The number of rotatable bonds is 1. The number of hydrogen-bond donors (Lipinski definition) is 3. The molecule has 3 rings (SSSR count). The first-order valence-electron chi connectivity index (χ1n) is 5.79. The van der Waals surface area contributed by atoms with E-state index < -0.39 is 0 Å². The molecule has 0 saturated carbocycles. The van der Waals surface area contributed by atoms with E-state index in [9.17, 15) is 0 Å². The van der Waals surface area contributed by atoms with Crippen LogP contribution in [0.1, 0.15) is 17.2 Å². The Balaban J connectivity index is 2.21. The van der Waals surface area contributed by atoms with Crippen LogP contribution in [0.25, 0.3) is 11.1 Å². The van der Waals surface area contributed by atoms with Crippen molar-refractivity contribution in [2.24, 2.45) is 16.6 Å². The highest BCUT2D eigenvalue weighted by atomic mass is 15.3. The van der Waals surface area contributed by atoms with Crippen LogP contribution in [0.4, 0.5) is 0 Å². The molecule has 1 aliphatic rings. The second-order valence-corrected chi connectivity index (χ2v) is 4.24. The fourth-order valence-electron chi connectivity index (χ4n) is 2.44. The lowest BCUT2D eigenvalue weighted by Crippen LogP contribution is -2.37. The molecule has 2 aromatic carbocycles. The number of guanidine groups is 1. The summed E-state index contributed by atoms with van der Waals surface area (Å²) in [6.45, 7) is 0. The van der Waals surface area contributed by atoms with Crippen molar-refractivity contribution in [3.8, 4) is 11.1 Å². The molecule has 0 radical (unpaired) electrons. The fraction of sp³-hybridized carbons (Fsp3) is 0.0714. The van der Waals surface area contributed by atoms with Gasteiger partial charge in [0, 0.05) is 0 Å². The Morgan fingerprint density at radius 1 is 0.944 bits per heavy atom. The molecule has 0 unspecified atom stereocenters. The average Bonchev–Trinajstić information content (AvgIpc) is 2.74. The number of benzene rings is 2. The molecule has 0 aliphatic heterocycles. The van der Waals surface area contributed by atoms with E-state index in [1.54, 1.807) is 0 Å². The van der Waals surface area contributed by atoms with E-state index in [0.717, 1.165) is 11.1 Å². The van der Waals surface area contributed by atoms with E-state index in [1.807, 2.05) is 24.3 Å². The molecule has 0 aromatic heterocycles. The molecular formula is C14H14N4. The van der Waals surface area contributed by atoms with E-state index in [0.29, 0.717) is 0 Å². The first kappa shape index (κ1) is 10.8. The summed E-state index contributed by atoms with van der Waals surface area (Å²) < 4.78 is 0. The maximum atomic E-state index is 5.68. The normalized spacial score (nSPS) is 14.2. The number of aliphatic imine (C=N–C) groups is 1. The molecule has 0 spiro atoms. The largest absolute Gasteiger partial charge is 0.369 e. The first-order valence-corrected chi connectivity index (χ1v) is 5.79. The number of hydrazine groups is 1. The van der Waals surface area contributed by atoms with Gasteiger partial charge in [0.1, 0.15) is 6.04 Å². The van der Waals surface area contributed by atoms with Crippen molar-refractivity contribution < 1.29 is 0 Å². The second kappa shape index (κ2) is 4.16. The fourth-order valence-corrected chi connectivity index (χ4v) is 2.44. The van der Waals surface area contributed by atoms with Crippen molar-refractivity contribution in [3.63, 3.8) is 0 Å². The maximum Gasteiger partial charge on any atom is 0.204 e. The SMILES string of the molecule is NNC(N)=NC1c2ccccc2-c2ccccc21. The van der Waals surface area contributed by atoms with Crippen molar-refractivity contribution in [1.29, 1.82) is 0 Å². The van der Waals surface area contributed by atoms with Crippen LogP contribution in [0.15, 0.2) is 53.5 Å². The third-order valence-electron chi connectivity index (χ3n) is 3.22. The van der Waals surface area contributed by atoms with Crippen LogP contribution in [0.3, 0.4) is 0 Å². The zero-order chi connectivity index (χ0) is 12.5. The van der Waals surface area contributed by atoms with E-state index in [-0.39, 0.29) is 12.0 Å². The van der Waals surface area contributed by atoms with E-state index in [2.05, 4.69) is 34.7 Å². The number of nitrogens with zero attached hydrogens (tertiary/aromatic N) is 1. The third kappa shape index (κ3) is 1.55. The third-order valence-corrected chi connectivity index (χ3v) is 3.22. The van der Waals surface area contributed by atoms with Gasteiger partial charge >= 0.3 is 0 Å². The second-order valence-electron chi connectivity index (χ2n) is 4.24. The minimum atomic E-state index is -0.0755. The zero-order valence-electron chi connectivity index (χ0n) is 9.80. The van der Waals surface area contributed by atoms with Gasteiger partial charge in [0.15, 0.2) is 0 Å². The summed E-state index contributed by atoms with van der Waals surface area (Å²) in [5.41, 5.74) is 12.8. The highest BCUT2D eigenvalue weighted by molar-refractivity contribution is 5.82. The van der Waals surface area contributed by atoms with Crippen molar-refractivity contribution >= 4 is 5.96 Å². The van der Waals surface area contributed by atoms with Gasteiger partial charge in [-0.3, -0.25) is 5.43 Å². The van der Waals surface area contributed by atoms with Gasteiger partial charge in [-0.25, -0.2) is 10.8 Å². The summed E-state index contributed by atoms with van der Waals surface area (Å²) in [4.78, 5) is 4.44. The Morgan fingerprint density at radius 2 is 1.44 bits per heavy atom. The highest BCUT2D eigenvalue weighted by Crippen LogP contribution is 2.44. The number of hydrogen-bond acceptors (Lipinski definition) is 2. The van der Waals surface area contributed by atoms with E-state index in [4.69, 9.17) is 11.6 Å². The van der Waals surface area contributed by atoms with Gasteiger partial charge in [0.2, 0.25) is 5.96 Å². The molecule has 0 atom stereocenters. The van der Waals surface area contributed by atoms with Crippen molar-refractivity contribution in [2.45, 2.75) is 6.04 Å². The Labute approximate surface area is 105 Å². The quantitative estimate of drug-likeness (QED) is 0.305. The predicted molar refractivity (Wildman–Crippen MR) is 72.7 cm³/mol. The molecule has 0 heterocycles. The van der Waals surface area contributed by atoms with Gasteiger partial charge in [0.25, 0.3) is 0 Å². The number of nitrogens with two attached hydrogens (primary N) is 2. The van der Waals surface area contributed by atoms with Crippen LogP contribution >= 0.6 is 0 Å². The lowest BCUT2D eigenvalue weighted by Gasteiger charge is -2.09. The summed E-state index contributed by atoms with van der Waals surface area (Å²) in [7, 11) is 0. The summed E-state index contributed by atoms with van der Waals surface area (Å²) in [5.74, 6) is 5.53. The van der Waals surface area contributed by atoms with Crippen LogP contribution in [-0.2, 0) is 0 Å². The molecule has 0 amide bonds. The van der Waals surface area contributed by atoms with Crippen molar-refractivity contribution in [2.75, 3.05) is 0 Å². The van der Waals surface area contributed by atoms with Crippen LogP contribution in [0, 0.1) is 0 Å². The standard InChI is InChI=1S/C14H14N4/c15-14(18-16)17-13-11-7-3-1-5-9(11)10-6-2-4-8-12(10)13/h1-8,13H,16H2,(H3,15,17,18). The van der Waals surface area contributed by atoms with Crippen LogP contribution < -0.4 is 17.0 Å². The Morgan fingerprint density at radius 3 is 1.94 bits per heavy atom. The molecule has 90 valence electrons. The molecule has 1 aliphatic carbocycles. The van der Waals surface area contributed by atoms with Gasteiger partial charge in [-0.1, -0.05) is 48.5 Å². The van der Waals surface area contributed by atoms with Gasteiger partial charge in [-0.2, -0.15) is 0 Å². The first-order chi connectivity index (χ1) is 8.81. The monoisotopic (exact) mass is 238 g/mol. The topological polar surface area (TPSA) is 76.4 Å². The van der Waals surface area contributed by atoms with Gasteiger partial charge in [-0.05, 0) is 22.3 Å². The summed E-state index contributed by atoms with van der Waals surface area (Å²) in [5, 5.41) is 0. The minimum absolute atomic E-state index is 0.0755. The van der Waals surface area contributed by atoms with E-state index in [1.165, 1.54) is 11.1 Å². The Kier molecular flexibility index (Phi) is 2.50. The predicted octanol–water partition coefficient (Wildman–Crippen LogP) is 1.53. The molecule has 4 nitrogen and oxygen atoms in total.